The second-order valence-electron chi connectivity index (χ2n) is 3.78. The quantitative estimate of drug-likeness (QED) is 0.802. The van der Waals surface area contributed by atoms with Crippen LogP contribution in [0.2, 0.25) is 0 Å². The van der Waals surface area contributed by atoms with Crippen LogP contribution < -0.4 is 5.73 Å². The number of benzene rings is 2. The van der Waals surface area contributed by atoms with Crippen molar-refractivity contribution in [1.82, 2.24) is 5.73 Å². The molecule has 19 heavy (non-hydrogen) atoms. The van der Waals surface area contributed by atoms with E-state index >= 15 is 0 Å². The number of fused-ring (bicyclic) bond motifs is 1. The molecule has 0 saturated heterocycles. The molecule has 0 amide bonds. The van der Waals surface area contributed by atoms with Crippen molar-refractivity contribution >= 4 is 36.7 Å². The molecule has 2 rings (SSSR count). The summed E-state index contributed by atoms with van der Waals surface area (Å²) in [5, 5.41) is -0.00681. The van der Waals surface area contributed by atoms with E-state index in [-0.39, 0.29) is 10.8 Å². The van der Waals surface area contributed by atoms with Crippen molar-refractivity contribution < 1.29 is 25.9 Å². The summed E-state index contributed by atoms with van der Waals surface area (Å²) < 4.78 is 62.4. The fourth-order valence-electron chi connectivity index (χ4n) is 1.73. The summed E-state index contributed by atoms with van der Waals surface area (Å²) in [7, 11) is -9.03. The van der Waals surface area contributed by atoms with Crippen LogP contribution in [0, 0.1) is 0 Å². The second-order valence-corrected chi connectivity index (χ2v) is 6.59. The lowest BCUT2D eigenvalue weighted by atomic mass is 10.1. The lowest BCUT2D eigenvalue weighted by Gasteiger charge is -2.08. The average Bonchev–Trinajstić information content (AvgIpc) is 2.25. The Kier molecular flexibility index (Phi) is 3.01. The molecule has 0 bridgehead atoms. The predicted octanol–water partition coefficient (Wildman–Crippen LogP) is 1.25. The van der Waals surface area contributed by atoms with Gasteiger partial charge in [0.15, 0.2) is 0 Å². The van der Waals surface area contributed by atoms with Crippen LogP contribution in [-0.2, 0) is 20.2 Å². The molecule has 0 spiro atoms. The number of hydrogen-bond acceptors (Lipinski definition) is 4. The number of rotatable bonds is 2. The molecule has 0 atom stereocenters. The fourth-order valence-corrected chi connectivity index (χ4v) is 3.01. The molecule has 0 aliphatic carbocycles. The molecule has 0 heterocycles. The minimum atomic E-state index is -4.53. The molecule has 3 N–H and O–H groups in total. The summed E-state index contributed by atoms with van der Waals surface area (Å²) in [6.07, 6.45) is 0. The minimum absolute atomic E-state index is 0.107. The first-order valence-electron chi connectivity index (χ1n) is 4.84. The Bertz CT molecular complexity index is 870. The molecular weight excluding hydrogens is 294 g/mol. The third-order valence-electron chi connectivity index (χ3n) is 2.49. The molecule has 0 saturated carbocycles. The van der Waals surface area contributed by atoms with Gasteiger partial charge in [0.25, 0.3) is 20.2 Å². The van der Waals surface area contributed by atoms with Crippen LogP contribution in [0.3, 0.4) is 0 Å². The molecule has 0 unspecified atom stereocenters. The van der Waals surface area contributed by atoms with Crippen molar-refractivity contribution in [2.45, 2.75) is 9.79 Å². The van der Waals surface area contributed by atoms with E-state index in [2.05, 4.69) is 0 Å². The van der Waals surface area contributed by atoms with E-state index < -0.39 is 35.7 Å². The molecular formula is C10H8NO6S2. The first-order valence-corrected chi connectivity index (χ1v) is 7.72. The number of hydrogen-bond donors (Lipinski definition) is 2. The monoisotopic (exact) mass is 302 g/mol. The molecule has 9 heteroatoms. The molecule has 101 valence electrons. The lowest BCUT2D eigenvalue weighted by Crippen LogP contribution is -2.02. The van der Waals surface area contributed by atoms with Crippen LogP contribution in [0.4, 0.5) is 5.69 Å². The highest BCUT2D eigenvalue weighted by Crippen LogP contribution is 2.31. The van der Waals surface area contributed by atoms with Gasteiger partial charge < -0.3 is 5.73 Å². The smallest absolute Gasteiger partial charge is 0.295 e. The zero-order chi connectivity index (χ0) is 14.4. The minimum Gasteiger partial charge on any atom is -0.300 e. The third kappa shape index (κ3) is 2.54. The van der Waals surface area contributed by atoms with Crippen molar-refractivity contribution in [1.29, 1.82) is 0 Å². The van der Waals surface area contributed by atoms with Crippen molar-refractivity contribution in [2.24, 2.45) is 0 Å². The molecule has 0 aromatic heterocycles. The maximum absolute atomic E-state index is 11.2. The van der Waals surface area contributed by atoms with E-state index in [1.165, 1.54) is 12.1 Å². The van der Waals surface area contributed by atoms with E-state index in [9.17, 15) is 16.8 Å². The van der Waals surface area contributed by atoms with Crippen LogP contribution in [0.5, 0.6) is 0 Å². The SMILES string of the molecule is [NH]c1cc(S(=O)(=O)O)cc2cccc(S(=O)(=O)O)c12. The van der Waals surface area contributed by atoms with Crippen LogP contribution in [0.15, 0.2) is 40.1 Å². The molecule has 2 aromatic carbocycles. The van der Waals surface area contributed by atoms with Crippen LogP contribution in [0.1, 0.15) is 0 Å². The van der Waals surface area contributed by atoms with Crippen LogP contribution in [-0.4, -0.2) is 25.9 Å². The highest BCUT2D eigenvalue weighted by molar-refractivity contribution is 7.86. The Morgan fingerprint density at radius 1 is 0.947 bits per heavy atom. The maximum Gasteiger partial charge on any atom is 0.295 e. The van der Waals surface area contributed by atoms with Gasteiger partial charge in [-0.25, -0.2) is 0 Å². The van der Waals surface area contributed by atoms with Gasteiger partial charge in [0.1, 0.15) is 4.90 Å². The molecule has 2 aromatic rings. The Labute approximate surface area is 109 Å². The average molecular weight is 302 g/mol. The number of nitrogens with one attached hydrogen (secondary N) is 1. The fraction of sp³-hybridized carbons (Fsp3) is 0. The zero-order valence-corrected chi connectivity index (χ0v) is 10.9. The Hall–Kier alpha value is -1.68. The van der Waals surface area contributed by atoms with Crippen molar-refractivity contribution in [2.75, 3.05) is 0 Å². The largest absolute Gasteiger partial charge is 0.300 e. The normalized spacial score (nSPS) is 12.7. The molecule has 0 aliphatic heterocycles. The van der Waals surface area contributed by atoms with Gasteiger partial charge in [-0.1, -0.05) is 12.1 Å². The van der Waals surface area contributed by atoms with Crippen molar-refractivity contribution in [3.8, 4) is 0 Å². The Balaban J connectivity index is 2.96. The molecule has 0 fully saturated rings. The zero-order valence-electron chi connectivity index (χ0n) is 9.23. The Morgan fingerprint density at radius 2 is 1.58 bits per heavy atom. The van der Waals surface area contributed by atoms with E-state index in [1.54, 1.807) is 0 Å². The highest BCUT2D eigenvalue weighted by Gasteiger charge is 2.19. The molecule has 1 radical (unpaired) electrons. The predicted molar refractivity (Wildman–Crippen MR) is 66.3 cm³/mol. The third-order valence-corrected chi connectivity index (χ3v) is 4.22. The molecule has 7 nitrogen and oxygen atoms in total. The van der Waals surface area contributed by atoms with Gasteiger partial charge in [-0.05, 0) is 23.6 Å². The maximum atomic E-state index is 11.2. The topological polar surface area (TPSA) is 133 Å². The van der Waals surface area contributed by atoms with Crippen LogP contribution >= 0.6 is 0 Å². The Morgan fingerprint density at radius 3 is 2.11 bits per heavy atom. The summed E-state index contributed by atoms with van der Waals surface area (Å²) in [5.41, 5.74) is 7.22. The summed E-state index contributed by atoms with van der Waals surface area (Å²) >= 11 is 0. The first kappa shape index (κ1) is 13.7. The highest BCUT2D eigenvalue weighted by atomic mass is 32.2. The van der Waals surface area contributed by atoms with Crippen molar-refractivity contribution in [3.63, 3.8) is 0 Å². The second kappa shape index (κ2) is 4.17. The van der Waals surface area contributed by atoms with Crippen LogP contribution in [0.25, 0.3) is 10.8 Å². The van der Waals surface area contributed by atoms with Gasteiger partial charge in [-0.3, -0.25) is 9.11 Å². The summed E-state index contributed by atoms with van der Waals surface area (Å²) in [4.78, 5) is -1.01. The lowest BCUT2D eigenvalue weighted by molar-refractivity contribution is 0.482. The molecule has 0 aliphatic rings. The van der Waals surface area contributed by atoms with Gasteiger partial charge in [0, 0.05) is 5.39 Å². The summed E-state index contributed by atoms with van der Waals surface area (Å²) in [6.45, 7) is 0. The van der Waals surface area contributed by atoms with E-state index in [4.69, 9.17) is 14.8 Å². The summed E-state index contributed by atoms with van der Waals surface area (Å²) in [6, 6.07) is 5.60. The van der Waals surface area contributed by atoms with Gasteiger partial charge in [-0.2, -0.15) is 16.8 Å². The summed E-state index contributed by atoms with van der Waals surface area (Å²) in [5.74, 6) is 0. The van der Waals surface area contributed by atoms with Crippen molar-refractivity contribution in [3.05, 3.63) is 30.3 Å². The van der Waals surface area contributed by atoms with Gasteiger partial charge in [0.05, 0.1) is 10.6 Å². The first-order chi connectivity index (χ1) is 8.60. The van der Waals surface area contributed by atoms with E-state index in [0.29, 0.717) is 0 Å². The van der Waals surface area contributed by atoms with E-state index in [0.717, 1.165) is 18.2 Å². The van der Waals surface area contributed by atoms with Gasteiger partial charge in [0.2, 0.25) is 0 Å². The van der Waals surface area contributed by atoms with E-state index in [1.807, 2.05) is 0 Å². The standard InChI is InChI=1S/C10H8NO6S2/c11-8-5-7(18(12,13)14)4-6-2-1-3-9(10(6)8)19(15,16)17/h1-5,11H,(H,12,13,14)(H,15,16,17). The van der Waals surface area contributed by atoms with Gasteiger partial charge >= 0.3 is 0 Å². The van der Waals surface area contributed by atoms with Gasteiger partial charge in [-0.15, -0.1) is 0 Å².